The highest BCUT2D eigenvalue weighted by Gasteiger charge is 2.15. The molecule has 0 aliphatic carbocycles. The van der Waals surface area contributed by atoms with Gasteiger partial charge in [-0.3, -0.25) is 0 Å². The lowest BCUT2D eigenvalue weighted by molar-refractivity contribution is 0.246. The lowest BCUT2D eigenvalue weighted by Crippen LogP contribution is -1.99. The molecular weight excluding hydrogens is 278 g/mol. The van der Waals surface area contributed by atoms with Gasteiger partial charge in [0.15, 0.2) is 5.89 Å². The van der Waals surface area contributed by atoms with Crippen LogP contribution in [0.1, 0.15) is 37.9 Å². The van der Waals surface area contributed by atoms with Crippen LogP contribution >= 0.6 is 0 Å². The average molecular weight is 303 g/mol. The number of hydrogen-bond acceptors (Lipinski definition) is 4. The number of methoxy groups -OCH3 is 1. The molecule has 0 radical (unpaired) electrons. The van der Waals surface area contributed by atoms with E-state index in [1.54, 1.807) is 7.11 Å². The van der Waals surface area contributed by atoms with Gasteiger partial charge < -0.3 is 13.9 Å². The largest absolute Gasteiger partial charge is 0.497 e. The van der Waals surface area contributed by atoms with E-state index in [0.29, 0.717) is 18.5 Å². The molecule has 1 aromatic heterocycles. The van der Waals surface area contributed by atoms with Gasteiger partial charge in [0.2, 0.25) is 0 Å². The van der Waals surface area contributed by atoms with Crippen LogP contribution in [0.25, 0.3) is 0 Å². The van der Waals surface area contributed by atoms with Gasteiger partial charge in [0, 0.05) is 6.42 Å². The van der Waals surface area contributed by atoms with E-state index in [1.165, 1.54) is 5.56 Å². The Hall–Kier alpha value is -1.97. The van der Waals surface area contributed by atoms with Gasteiger partial charge in [-0.25, -0.2) is 4.98 Å². The number of benzene rings is 1. The second-order valence-electron chi connectivity index (χ2n) is 5.72. The molecule has 0 fully saturated rings. The van der Waals surface area contributed by atoms with E-state index in [9.17, 15) is 0 Å². The molecule has 1 heterocycles. The van der Waals surface area contributed by atoms with Crippen LogP contribution in [0, 0.1) is 5.92 Å². The van der Waals surface area contributed by atoms with Crippen molar-refractivity contribution in [2.75, 3.05) is 13.7 Å². The van der Waals surface area contributed by atoms with E-state index in [2.05, 4.69) is 31.0 Å². The Bertz CT molecular complexity index is 573. The van der Waals surface area contributed by atoms with Gasteiger partial charge in [-0.05, 0) is 43.4 Å². The Kier molecular flexibility index (Phi) is 5.87. The highest BCUT2D eigenvalue weighted by molar-refractivity contribution is 5.27. The molecule has 2 aromatic rings. The lowest BCUT2D eigenvalue weighted by atomic mass is 10.1. The summed E-state index contributed by atoms with van der Waals surface area (Å²) in [6.45, 7) is 6.89. The molecule has 0 saturated carbocycles. The fraction of sp³-hybridized carbons (Fsp3) is 0.500. The number of ether oxygens (including phenoxy) is 2. The van der Waals surface area contributed by atoms with Crippen LogP contribution in [0.15, 0.2) is 28.7 Å². The van der Waals surface area contributed by atoms with Crippen molar-refractivity contribution in [3.63, 3.8) is 0 Å². The van der Waals surface area contributed by atoms with Crippen LogP contribution < -0.4 is 9.47 Å². The number of rotatable bonds is 8. The maximum Gasteiger partial charge on any atom is 0.308 e. The van der Waals surface area contributed by atoms with E-state index in [1.807, 2.05) is 19.1 Å². The summed E-state index contributed by atoms with van der Waals surface area (Å²) in [7, 11) is 1.67. The van der Waals surface area contributed by atoms with Crippen molar-refractivity contribution in [2.45, 2.75) is 40.0 Å². The van der Waals surface area contributed by atoms with Crippen molar-refractivity contribution < 1.29 is 13.9 Å². The molecule has 0 unspecified atom stereocenters. The van der Waals surface area contributed by atoms with Gasteiger partial charge in [0.25, 0.3) is 0 Å². The number of hydrogen-bond donors (Lipinski definition) is 0. The predicted octanol–water partition coefficient (Wildman–Crippen LogP) is 4.07. The van der Waals surface area contributed by atoms with Crippen LogP contribution in [0.5, 0.6) is 11.7 Å². The fourth-order valence-corrected chi connectivity index (χ4v) is 2.29. The summed E-state index contributed by atoms with van der Waals surface area (Å²) in [5, 5.41) is 0. The van der Waals surface area contributed by atoms with Crippen molar-refractivity contribution in [1.29, 1.82) is 0 Å². The molecule has 0 aliphatic rings. The molecule has 2 rings (SSSR count). The summed E-state index contributed by atoms with van der Waals surface area (Å²) in [6.07, 6.45) is 2.53. The van der Waals surface area contributed by atoms with Crippen LogP contribution in [0.4, 0.5) is 0 Å². The smallest absolute Gasteiger partial charge is 0.308 e. The van der Waals surface area contributed by atoms with Gasteiger partial charge in [-0.1, -0.05) is 26.0 Å². The molecule has 4 heteroatoms. The van der Waals surface area contributed by atoms with Crippen LogP contribution in [0.3, 0.4) is 0 Å². The van der Waals surface area contributed by atoms with Gasteiger partial charge in [-0.15, -0.1) is 0 Å². The lowest BCUT2D eigenvalue weighted by Gasteiger charge is -2.03. The van der Waals surface area contributed by atoms with Gasteiger partial charge in [-0.2, -0.15) is 0 Å². The molecule has 0 amide bonds. The third kappa shape index (κ3) is 4.52. The highest BCUT2D eigenvalue weighted by Crippen LogP contribution is 2.24. The molecule has 120 valence electrons. The summed E-state index contributed by atoms with van der Waals surface area (Å²) in [5.41, 5.74) is 2.17. The zero-order valence-corrected chi connectivity index (χ0v) is 13.9. The molecule has 1 aromatic carbocycles. The first-order valence-electron chi connectivity index (χ1n) is 7.86. The van der Waals surface area contributed by atoms with Crippen LogP contribution in [-0.2, 0) is 19.3 Å². The fourth-order valence-electron chi connectivity index (χ4n) is 2.29. The molecule has 4 nitrogen and oxygen atoms in total. The Morgan fingerprint density at radius 1 is 1.14 bits per heavy atom. The first-order valence-corrected chi connectivity index (χ1v) is 7.86. The van der Waals surface area contributed by atoms with E-state index >= 15 is 0 Å². The molecule has 0 bridgehead atoms. The minimum absolute atomic E-state index is 0.527. The zero-order valence-electron chi connectivity index (χ0n) is 13.9. The summed E-state index contributed by atoms with van der Waals surface area (Å²) >= 11 is 0. The molecule has 0 saturated heterocycles. The molecule has 0 spiro atoms. The molecule has 22 heavy (non-hydrogen) atoms. The van der Waals surface area contributed by atoms with Gasteiger partial charge >= 0.3 is 5.95 Å². The quantitative estimate of drug-likeness (QED) is 0.737. The number of oxazole rings is 1. The zero-order chi connectivity index (χ0) is 15.9. The number of aryl methyl sites for hydroxylation is 2. The Morgan fingerprint density at radius 2 is 1.86 bits per heavy atom. The third-order valence-electron chi connectivity index (χ3n) is 3.37. The van der Waals surface area contributed by atoms with Crippen molar-refractivity contribution in [2.24, 2.45) is 5.92 Å². The second kappa shape index (κ2) is 7.87. The predicted molar refractivity (Wildman–Crippen MR) is 86.6 cm³/mol. The molecular formula is C18H25NO3. The number of aromatic nitrogens is 1. The standard InChI is InChI=1S/C18H25NO3/c1-5-21-18-16(12-13(2)3)19-17(22-18)11-8-14-6-9-15(20-4)10-7-14/h6-7,9-10,13H,5,8,11-12H2,1-4H3. The topological polar surface area (TPSA) is 44.5 Å². The molecule has 0 aliphatic heterocycles. The average Bonchev–Trinajstić information content (AvgIpc) is 2.87. The van der Waals surface area contributed by atoms with Crippen molar-refractivity contribution in [1.82, 2.24) is 4.98 Å². The Balaban J connectivity index is 2.01. The van der Waals surface area contributed by atoms with Crippen molar-refractivity contribution in [3.8, 4) is 11.7 Å². The van der Waals surface area contributed by atoms with E-state index < -0.39 is 0 Å². The first kappa shape index (κ1) is 16.4. The molecule has 0 atom stereocenters. The summed E-state index contributed by atoms with van der Waals surface area (Å²) in [5.74, 6) is 2.73. The van der Waals surface area contributed by atoms with E-state index in [-0.39, 0.29) is 0 Å². The first-order chi connectivity index (χ1) is 10.6. The number of nitrogens with zero attached hydrogens (tertiary/aromatic N) is 1. The monoisotopic (exact) mass is 303 g/mol. The summed E-state index contributed by atoms with van der Waals surface area (Å²) in [6, 6.07) is 8.09. The minimum Gasteiger partial charge on any atom is -0.497 e. The highest BCUT2D eigenvalue weighted by atomic mass is 16.6. The van der Waals surface area contributed by atoms with E-state index in [0.717, 1.165) is 36.6 Å². The summed E-state index contributed by atoms with van der Waals surface area (Å²) < 4.78 is 16.5. The minimum atomic E-state index is 0.527. The van der Waals surface area contributed by atoms with Crippen molar-refractivity contribution >= 4 is 0 Å². The van der Waals surface area contributed by atoms with Gasteiger partial charge in [0.05, 0.1) is 13.7 Å². The normalized spacial score (nSPS) is 11.0. The Morgan fingerprint density at radius 3 is 2.45 bits per heavy atom. The second-order valence-corrected chi connectivity index (χ2v) is 5.72. The van der Waals surface area contributed by atoms with Gasteiger partial charge in [0.1, 0.15) is 11.4 Å². The summed E-state index contributed by atoms with van der Waals surface area (Å²) in [4.78, 5) is 4.60. The molecule has 0 N–H and O–H groups in total. The third-order valence-corrected chi connectivity index (χ3v) is 3.37. The van der Waals surface area contributed by atoms with E-state index in [4.69, 9.17) is 13.9 Å². The van der Waals surface area contributed by atoms with Crippen LogP contribution in [-0.4, -0.2) is 18.7 Å². The maximum absolute atomic E-state index is 5.76. The maximum atomic E-state index is 5.76. The SMILES string of the molecule is CCOc1oc(CCc2ccc(OC)cc2)nc1CC(C)C. The Labute approximate surface area is 132 Å². The van der Waals surface area contributed by atoms with Crippen molar-refractivity contribution in [3.05, 3.63) is 41.4 Å². The van der Waals surface area contributed by atoms with Crippen LogP contribution in [0.2, 0.25) is 0 Å².